The Labute approximate surface area is 182 Å². The lowest BCUT2D eigenvalue weighted by Gasteiger charge is -2.17. The van der Waals surface area contributed by atoms with E-state index >= 15 is 0 Å². The number of anilines is 1. The van der Waals surface area contributed by atoms with Crippen LogP contribution in [0, 0.1) is 0 Å². The Bertz CT molecular complexity index is 930. The van der Waals surface area contributed by atoms with Gasteiger partial charge in [-0.1, -0.05) is 70.9 Å². The highest BCUT2D eigenvalue weighted by atomic mass is 79.9. The van der Waals surface area contributed by atoms with Crippen LogP contribution in [0.4, 0.5) is 5.69 Å². The van der Waals surface area contributed by atoms with Crippen molar-refractivity contribution >= 4 is 49.1 Å². The van der Waals surface area contributed by atoms with Crippen molar-refractivity contribution in [3.05, 3.63) is 91.3 Å². The van der Waals surface area contributed by atoms with Gasteiger partial charge in [0.25, 0.3) is 0 Å². The number of halogens is 3. The van der Waals surface area contributed by atoms with Crippen LogP contribution in [0.3, 0.4) is 0 Å². The van der Waals surface area contributed by atoms with E-state index < -0.39 is 0 Å². The number of nitrogens with one attached hydrogen (secondary N) is 1. The van der Waals surface area contributed by atoms with Crippen molar-refractivity contribution in [2.75, 3.05) is 5.32 Å². The topological polar surface area (TPSA) is 21.3 Å². The molecule has 0 aromatic heterocycles. The Hall–Kier alpha value is -1.49. The minimum atomic E-state index is 0.415. The molecular weight excluding hydrogens is 490 g/mol. The summed E-state index contributed by atoms with van der Waals surface area (Å²) in [5.74, 6) is 0.819. The molecule has 2 nitrogen and oxygen atoms in total. The molecule has 0 saturated carbocycles. The average molecular weight is 510 g/mol. The first kappa shape index (κ1) is 20.2. The van der Waals surface area contributed by atoms with Crippen LogP contribution >= 0.6 is 43.5 Å². The first-order valence-corrected chi connectivity index (χ1v) is 10.7. The molecular formula is C22H20Br2ClNO. The van der Waals surface area contributed by atoms with E-state index in [4.69, 9.17) is 16.3 Å². The minimum Gasteiger partial charge on any atom is -0.487 e. The molecule has 3 aromatic rings. The molecule has 140 valence electrons. The van der Waals surface area contributed by atoms with E-state index in [0.717, 1.165) is 37.9 Å². The van der Waals surface area contributed by atoms with E-state index in [0.29, 0.717) is 18.2 Å². The second kappa shape index (κ2) is 9.63. The van der Waals surface area contributed by atoms with Gasteiger partial charge in [-0.2, -0.15) is 0 Å². The van der Waals surface area contributed by atoms with Crippen molar-refractivity contribution in [3.63, 3.8) is 0 Å². The highest BCUT2D eigenvalue weighted by Crippen LogP contribution is 2.34. The van der Waals surface area contributed by atoms with E-state index in [-0.39, 0.29) is 0 Å². The van der Waals surface area contributed by atoms with Crippen LogP contribution in [0.15, 0.2) is 69.6 Å². The molecule has 0 spiro atoms. The fourth-order valence-electron chi connectivity index (χ4n) is 2.86. The number of hydrogen-bond acceptors (Lipinski definition) is 2. The molecule has 3 rings (SSSR count). The van der Waals surface area contributed by atoms with E-state index in [9.17, 15) is 0 Å². The summed E-state index contributed by atoms with van der Waals surface area (Å²) < 4.78 is 8.05. The lowest BCUT2D eigenvalue weighted by Crippen LogP contribution is -2.06. The standard InChI is InChI=1S/C22H20Br2ClNO/c1-2-15-7-4-6-10-21(15)26-13-17-11-18(23)12-19(24)22(17)27-14-16-8-3-5-9-20(16)25/h3-12,26H,2,13-14H2,1H3. The van der Waals surface area contributed by atoms with Crippen molar-refractivity contribution in [1.29, 1.82) is 0 Å². The van der Waals surface area contributed by atoms with Crippen LogP contribution in [0.2, 0.25) is 5.02 Å². The molecule has 5 heteroatoms. The van der Waals surface area contributed by atoms with E-state index in [2.05, 4.69) is 68.4 Å². The molecule has 0 heterocycles. The Kier molecular flexibility index (Phi) is 7.22. The third-order valence-corrected chi connectivity index (χ3v) is 5.70. The van der Waals surface area contributed by atoms with Crippen molar-refractivity contribution in [3.8, 4) is 5.75 Å². The van der Waals surface area contributed by atoms with Crippen molar-refractivity contribution in [1.82, 2.24) is 0 Å². The number of ether oxygens (including phenoxy) is 1. The van der Waals surface area contributed by atoms with Gasteiger partial charge in [0.2, 0.25) is 0 Å². The van der Waals surface area contributed by atoms with Gasteiger partial charge in [-0.25, -0.2) is 0 Å². The predicted molar refractivity (Wildman–Crippen MR) is 121 cm³/mol. The monoisotopic (exact) mass is 507 g/mol. The zero-order valence-electron chi connectivity index (χ0n) is 14.9. The van der Waals surface area contributed by atoms with Gasteiger partial charge in [0.15, 0.2) is 0 Å². The maximum absolute atomic E-state index is 6.26. The lowest BCUT2D eigenvalue weighted by atomic mass is 10.1. The van der Waals surface area contributed by atoms with Gasteiger partial charge in [-0.3, -0.25) is 0 Å². The maximum Gasteiger partial charge on any atom is 0.139 e. The van der Waals surface area contributed by atoms with Gasteiger partial charge in [0.1, 0.15) is 12.4 Å². The number of aryl methyl sites for hydroxylation is 1. The SMILES string of the molecule is CCc1ccccc1NCc1cc(Br)cc(Br)c1OCc1ccccc1Cl. The summed E-state index contributed by atoms with van der Waals surface area (Å²) in [5.41, 5.74) is 4.47. The van der Waals surface area contributed by atoms with Crippen molar-refractivity contribution < 1.29 is 4.74 Å². The fourth-order valence-corrected chi connectivity index (χ4v) is 4.48. The molecule has 0 fully saturated rings. The number of benzene rings is 3. The molecule has 1 N–H and O–H groups in total. The highest BCUT2D eigenvalue weighted by molar-refractivity contribution is 9.11. The zero-order valence-corrected chi connectivity index (χ0v) is 18.9. The second-order valence-corrected chi connectivity index (χ2v) is 8.30. The first-order valence-electron chi connectivity index (χ1n) is 8.74. The van der Waals surface area contributed by atoms with Crippen LogP contribution in [0.25, 0.3) is 0 Å². The summed E-state index contributed by atoms with van der Waals surface area (Å²) in [6.45, 7) is 3.24. The Morgan fingerprint density at radius 2 is 1.63 bits per heavy atom. The zero-order chi connectivity index (χ0) is 19.2. The average Bonchev–Trinajstić information content (AvgIpc) is 2.67. The van der Waals surface area contributed by atoms with Gasteiger partial charge in [-0.15, -0.1) is 0 Å². The van der Waals surface area contributed by atoms with Crippen LogP contribution in [0.1, 0.15) is 23.6 Å². The molecule has 0 unspecified atom stereocenters. The Morgan fingerprint density at radius 3 is 2.37 bits per heavy atom. The third kappa shape index (κ3) is 5.28. The summed E-state index contributed by atoms with van der Waals surface area (Å²) in [6, 6.07) is 20.2. The fraction of sp³-hybridized carbons (Fsp3) is 0.182. The van der Waals surface area contributed by atoms with Gasteiger partial charge in [0, 0.05) is 32.9 Å². The summed E-state index contributed by atoms with van der Waals surface area (Å²) in [6.07, 6.45) is 0.987. The molecule has 0 saturated heterocycles. The van der Waals surface area contributed by atoms with Crippen LogP contribution in [-0.4, -0.2) is 0 Å². The molecule has 0 radical (unpaired) electrons. The molecule has 0 aliphatic rings. The number of para-hydroxylation sites is 1. The van der Waals surface area contributed by atoms with Crippen molar-refractivity contribution in [2.45, 2.75) is 26.5 Å². The molecule has 0 aliphatic heterocycles. The van der Waals surface area contributed by atoms with Crippen LogP contribution in [-0.2, 0) is 19.6 Å². The number of rotatable bonds is 7. The molecule has 0 atom stereocenters. The van der Waals surface area contributed by atoms with Crippen LogP contribution < -0.4 is 10.1 Å². The van der Waals surface area contributed by atoms with E-state index in [1.54, 1.807) is 0 Å². The lowest BCUT2D eigenvalue weighted by molar-refractivity contribution is 0.301. The number of hydrogen-bond donors (Lipinski definition) is 1. The molecule has 27 heavy (non-hydrogen) atoms. The third-order valence-electron chi connectivity index (χ3n) is 4.28. The van der Waals surface area contributed by atoms with Gasteiger partial charge in [0.05, 0.1) is 4.47 Å². The van der Waals surface area contributed by atoms with Gasteiger partial charge in [-0.05, 0) is 52.2 Å². The first-order chi connectivity index (χ1) is 13.1. The van der Waals surface area contributed by atoms with Crippen molar-refractivity contribution in [2.24, 2.45) is 0 Å². The smallest absolute Gasteiger partial charge is 0.139 e. The summed E-state index contributed by atoms with van der Waals surface area (Å²) in [7, 11) is 0. The Morgan fingerprint density at radius 1 is 0.926 bits per heavy atom. The molecule has 0 bridgehead atoms. The summed E-state index contributed by atoms with van der Waals surface area (Å²) in [5, 5.41) is 4.25. The van der Waals surface area contributed by atoms with Crippen LogP contribution in [0.5, 0.6) is 5.75 Å². The molecule has 0 aliphatic carbocycles. The molecule has 0 amide bonds. The van der Waals surface area contributed by atoms with E-state index in [1.165, 1.54) is 5.56 Å². The predicted octanol–water partition coefficient (Wildman–Crippen LogP) is 7.62. The molecule has 3 aromatic carbocycles. The Balaban J connectivity index is 1.81. The van der Waals surface area contributed by atoms with Gasteiger partial charge >= 0.3 is 0 Å². The highest BCUT2D eigenvalue weighted by Gasteiger charge is 2.12. The normalized spacial score (nSPS) is 10.7. The maximum atomic E-state index is 6.26. The van der Waals surface area contributed by atoms with Gasteiger partial charge < -0.3 is 10.1 Å². The van der Waals surface area contributed by atoms with E-state index in [1.807, 2.05) is 36.4 Å². The quantitative estimate of drug-likeness (QED) is 0.354. The largest absolute Gasteiger partial charge is 0.487 e. The summed E-state index contributed by atoms with van der Waals surface area (Å²) in [4.78, 5) is 0. The minimum absolute atomic E-state index is 0.415. The second-order valence-electron chi connectivity index (χ2n) is 6.12. The summed E-state index contributed by atoms with van der Waals surface area (Å²) >= 11 is 13.5.